The van der Waals surface area contributed by atoms with Crippen molar-refractivity contribution in [2.24, 2.45) is 11.7 Å². The molecule has 23 heavy (non-hydrogen) atoms. The van der Waals surface area contributed by atoms with Gasteiger partial charge >= 0.3 is 0 Å². The lowest BCUT2D eigenvalue weighted by molar-refractivity contribution is -0.135. The van der Waals surface area contributed by atoms with Crippen molar-refractivity contribution in [3.05, 3.63) is 42.0 Å². The zero-order chi connectivity index (χ0) is 16.7. The second kappa shape index (κ2) is 8.85. The molecule has 0 aromatic heterocycles. The highest BCUT2D eigenvalue weighted by Crippen LogP contribution is 2.11. The van der Waals surface area contributed by atoms with Crippen LogP contribution in [0.1, 0.15) is 25.8 Å². The van der Waals surface area contributed by atoms with Crippen LogP contribution in [-0.4, -0.2) is 54.5 Å². The summed E-state index contributed by atoms with van der Waals surface area (Å²) < 4.78 is 0. The Bertz CT molecular complexity index is 507. The number of nitrogens with two attached hydrogens (primary N) is 1. The van der Waals surface area contributed by atoms with Gasteiger partial charge in [0.2, 0.25) is 5.91 Å². The molecule has 0 unspecified atom stereocenters. The van der Waals surface area contributed by atoms with Gasteiger partial charge in [-0.05, 0) is 11.5 Å². The van der Waals surface area contributed by atoms with E-state index in [1.807, 2.05) is 30.0 Å². The molecule has 1 heterocycles. The van der Waals surface area contributed by atoms with Crippen LogP contribution >= 0.6 is 0 Å². The Kier molecular flexibility index (Phi) is 6.81. The smallest absolute Gasteiger partial charge is 0.239 e. The molecule has 2 atom stereocenters. The molecule has 1 aromatic rings. The summed E-state index contributed by atoms with van der Waals surface area (Å²) in [7, 11) is 0. The Morgan fingerprint density at radius 3 is 2.48 bits per heavy atom. The first-order valence-electron chi connectivity index (χ1n) is 8.60. The van der Waals surface area contributed by atoms with Gasteiger partial charge in [0.25, 0.3) is 0 Å². The Hall–Kier alpha value is -1.65. The standard InChI is InChI=1S/C19H29N3O/c1-3-16(2)18(20)19(23)22-14-12-21(13-15-22)11-7-10-17-8-5-4-6-9-17/h4-10,16,18H,3,11-15,20H2,1-2H3/b10-7+/t16-,18-/m1/s1. The molecule has 0 radical (unpaired) electrons. The topological polar surface area (TPSA) is 49.6 Å². The van der Waals surface area contributed by atoms with Crippen LogP contribution in [0.4, 0.5) is 0 Å². The third-order valence-corrected chi connectivity index (χ3v) is 4.70. The van der Waals surface area contributed by atoms with Crippen molar-refractivity contribution < 1.29 is 4.79 Å². The summed E-state index contributed by atoms with van der Waals surface area (Å²) in [6.45, 7) is 8.44. The minimum atomic E-state index is -0.357. The van der Waals surface area contributed by atoms with E-state index >= 15 is 0 Å². The first kappa shape index (κ1) is 17.7. The molecule has 2 rings (SSSR count). The van der Waals surface area contributed by atoms with Crippen LogP contribution in [0, 0.1) is 5.92 Å². The monoisotopic (exact) mass is 315 g/mol. The number of carbonyl (C=O) groups is 1. The SMILES string of the molecule is CC[C@@H](C)[C@@H](N)C(=O)N1CCN(C/C=C/c2ccccc2)CC1. The zero-order valence-corrected chi connectivity index (χ0v) is 14.3. The lowest BCUT2D eigenvalue weighted by Crippen LogP contribution is -2.54. The number of benzene rings is 1. The molecule has 2 N–H and O–H groups in total. The van der Waals surface area contributed by atoms with E-state index in [4.69, 9.17) is 5.73 Å². The van der Waals surface area contributed by atoms with E-state index in [1.54, 1.807) is 0 Å². The van der Waals surface area contributed by atoms with Crippen LogP contribution < -0.4 is 5.73 Å². The molecule has 0 aliphatic carbocycles. The maximum atomic E-state index is 12.4. The Morgan fingerprint density at radius 1 is 1.22 bits per heavy atom. The lowest BCUT2D eigenvalue weighted by Gasteiger charge is -2.36. The van der Waals surface area contributed by atoms with E-state index in [0.717, 1.165) is 39.1 Å². The minimum absolute atomic E-state index is 0.110. The first-order chi connectivity index (χ1) is 11.1. The van der Waals surface area contributed by atoms with E-state index in [0.29, 0.717) is 0 Å². The van der Waals surface area contributed by atoms with Crippen molar-refractivity contribution in [2.45, 2.75) is 26.3 Å². The van der Waals surface area contributed by atoms with Gasteiger partial charge in [-0.1, -0.05) is 62.8 Å². The van der Waals surface area contributed by atoms with Gasteiger partial charge in [0, 0.05) is 32.7 Å². The second-order valence-electron chi connectivity index (χ2n) is 6.35. The summed E-state index contributed by atoms with van der Waals surface area (Å²) >= 11 is 0. The van der Waals surface area contributed by atoms with Crippen LogP contribution in [0.15, 0.2) is 36.4 Å². The summed E-state index contributed by atoms with van der Waals surface area (Å²) in [5.74, 6) is 0.355. The van der Waals surface area contributed by atoms with E-state index in [2.05, 4.69) is 36.1 Å². The van der Waals surface area contributed by atoms with Gasteiger partial charge in [-0.25, -0.2) is 0 Å². The molecule has 1 aliphatic rings. The molecule has 0 spiro atoms. The van der Waals surface area contributed by atoms with Crippen LogP contribution in [0.25, 0.3) is 6.08 Å². The fraction of sp³-hybridized carbons (Fsp3) is 0.526. The molecular weight excluding hydrogens is 286 g/mol. The number of rotatable bonds is 6. The van der Waals surface area contributed by atoms with E-state index in [1.165, 1.54) is 5.56 Å². The number of carbonyl (C=O) groups excluding carboxylic acids is 1. The number of nitrogens with zero attached hydrogens (tertiary/aromatic N) is 2. The van der Waals surface area contributed by atoms with Gasteiger partial charge in [0.15, 0.2) is 0 Å². The Balaban J connectivity index is 1.75. The number of hydrogen-bond acceptors (Lipinski definition) is 3. The fourth-order valence-electron chi connectivity index (χ4n) is 2.76. The lowest BCUT2D eigenvalue weighted by atomic mass is 9.98. The number of hydrogen-bond donors (Lipinski definition) is 1. The predicted octanol–water partition coefficient (Wildman–Crippen LogP) is 2.22. The van der Waals surface area contributed by atoms with Gasteiger partial charge < -0.3 is 10.6 Å². The molecule has 1 amide bonds. The molecule has 4 nitrogen and oxygen atoms in total. The molecule has 1 fully saturated rings. The van der Waals surface area contributed by atoms with Crippen LogP contribution in [-0.2, 0) is 4.79 Å². The Labute approximate surface area is 140 Å². The van der Waals surface area contributed by atoms with E-state index in [9.17, 15) is 4.79 Å². The summed E-state index contributed by atoms with van der Waals surface area (Å²) in [4.78, 5) is 16.7. The third-order valence-electron chi connectivity index (χ3n) is 4.70. The van der Waals surface area contributed by atoms with Crippen molar-refractivity contribution >= 4 is 12.0 Å². The average Bonchev–Trinajstić information content (AvgIpc) is 2.61. The molecule has 0 bridgehead atoms. The van der Waals surface area contributed by atoms with Crippen molar-refractivity contribution in [3.8, 4) is 0 Å². The van der Waals surface area contributed by atoms with Crippen molar-refractivity contribution in [1.82, 2.24) is 9.80 Å². The maximum Gasteiger partial charge on any atom is 0.239 e. The van der Waals surface area contributed by atoms with Gasteiger partial charge in [0.1, 0.15) is 0 Å². The zero-order valence-electron chi connectivity index (χ0n) is 14.3. The van der Waals surface area contributed by atoms with Crippen molar-refractivity contribution in [1.29, 1.82) is 0 Å². The van der Waals surface area contributed by atoms with E-state index in [-0.39, 0.29) is 17.9 Å². The Morgan fingerprint density at radius 2 is 1.87 bits per heavy atom. The summed E-state index contributed by atoms with van der Waals surface area (Å²) in [6, 6.07) is 9.96. The molecule has 4 heteroatoms. The molecule has 126 valence electrons. The van der Waals surface area contributed by atoms with Crippen LogP contribution in [0.3, 0.4) is 0 Å². The van der Waals surface area contributed by atoms with Crippen molar-refractivity contribution in [2.75, 3.05) is 32.7 Å². The van der Waals surface area contributed by atoms with Gasteiger partial charge in [-0.3, -0.25) is 9.69 Å². The fourth-order valence-corrected chi connectivity index (χ4v) is 2.76. The first-order valence-corrected chi connectivity index (χ1v) is 8.60. The van der Waals surface area contributed by atoms with Gasteiger partial charge in [0.05, 0.1) is 6.04 Å². The second-order valence-corrected chi connectivity index (χ2v) is 6.35. The maximum absolute atomic E-state index is 12.4. The summed E-state index contributed by atoms with van der Waals surface area (Å²) in [5.41, 5.74) is 7.29. The third kappa shape index (κ3) is 5.19. The van der Waals surface area contributed by atoms with Gasteiger partial charge in [-0.15, -0.1) is 0 Å². The molecule has 1 aromatic carbocycles. The molecule has 1 saturated heterocycles. The predicted molar refractivity (Wildman–Crippen MR) is 95.9 cm³/mol. The van der Waals surface area contributed by atoms with Crippen LogP contribution in [0.2, 0.25) is 0 Å². The number of piperazine rings is 1. The number of amides is 1. The molecular formula is C19H29N3O. The highest BCUT2D eigenvalue weighted by molar-refractivity contribution is 5.82. The largest absolute Gasteiger partial charge is 0.339 e. The molecule has 1 aliphatic heterocycles. The average molecular weight is 315 g/mol. The quantitative estimate of drug-likeness (QED) is 0.876. The highest BCUT2D eigenvalue weighted by atomic mass is 16.2. The summed E-state index contributed by atoms with van der Waals surface area (Å²) in [5, 5.41) is 0. The van der Waals surface area contributed by atoms with Gasteiger partial charge in [-0.2, -0.15) is 0 Å². The van der Waals surface area contributed by atoms with Crippen LogP contribution in [0.5, 0.6) is 0 Å². The highest BCUT2D eigenvalue weighted by Gasteiger charge is 2.27. The van der Waals surface area contributed by atoms with Crippen molar-refractivity contribution in [3.63, 3.8) is 0 Å². The normalized spacial score (nSPS) is 19.0. The molecule has 0 saturated carbocycles. The summed E-state index contributed by atoms with van der Waals surface area (Å²) in [6.07, 6.45) is 5.28. The van der Waals surface area contributed by atoms with E-state index < -0.39 is 0 Å². The minimum Gasteiger partial charge on any atom is -0.339 e.